The predicted octanol–water partition coefficient (Wildman–Crippen LogP) is 1.35. The minimum atomic E-state index is 0.105. The molecule has 1 aromatic carbocycles. The fourth-order valence-corrected chi connectivity index (χ4v) is 2.87. The predicted molar refractivity (Wildman–Crippen MR) is 89.1 cm³/mol. The number of carbonyl (C=O) groups is 2. The molecule has 0 spiro atoms. The molecule has 1 aromatic rings. The Hall–Kier alpha value is -1.88. The summed E-state index contributed by atoms with van der Waals surface area (Å²) in [7, 11) is 5.19. The van der Waals surface area contributed by atoms with Gasteiger partial charge in [0.25, 0.3) is 0 Å². The average Bonchev–Trinajstić information content (AvgIpc) is 2.86. The van der Waals surface area contributed by atoms with Crippen LogP contribution in [-0.4, -0.2) is 62.5 Å². The van der Waals surface area contributed by atoms with Crippen molar-refractivity contribution in [3.8, 4) is 0 Å². The van der Waals surface area contributed by atoms with Crippen molar-refractivity contribution in [2.45, 2.75) is 19.3 Å². The lowest BCUT2D eigenvalue weighted by atomic mass is 9.97. The zero-order valence-electron chi connectivity index (χ0n) is 14.2. The number of benzene rings is 1. The maximum atomic E-state index is 11.9. The molecule has 1 fully saturated rings. The molecule has 23 heavy (non-hydrogen) atoms. The lowest BCUT2D eigenvalue weighted by Gasteiger charge is -2.16. The van der Waals surface area contributed by atoms with Crippen LogP contribution in [0.5, 0.6) is 0 Å². The highest BCUT2D eigenvalue weighted by Crippen LogP contribution is 2.22. The van der Waals surface area contributed by atoms with E-state index in [1.165, 1.54) is 5.56 Å². The van der Waals surface area contributed by atoms with E-state index in [0.717, 1.165) is 18.5 Å². The Morgan fingerprint density at radius 1 is 1.26 bits per heavy atom. The number of ether oxygens (including phenoxy) is 1. The molecular weight excluding hydrogens is 292 g/mol. The first kappa shape index (κ1) is 17.5. The van der Waals surface area contributed by atoms with Crippen molar-refractivity contribution in [1.82, 2.24) is 9.80 Å². The van der Waals surface area contributed by atoms with Crippen LogP contribution in [0.3, 0.4) is 0 Å². The van der Waals surface area contributed by atoms with E-state index in [1.807, 2.05) is 17.0 Å². The summed E-state index contributed by atoms with van der Waals surface area (Å²) in [6.45, 7) is 2.08. The molecule has 1 atom stereocenters. The Labute approximate surface area is 138 Å². The van der Waals surface area contributed by atoms with Gasteiger partial charge in [0.15, 0.2) is 0 Å². The fraction of sp³-hybridized carbons (Fsp3) is 0.556. The molecule has 0 saturated carbocycles. The number of amides is 2. The topological polar surface area (TPSA) is 49.9 Å². The summed E-state index contributed by atoms with van der Waals surface area (Å²) in [4.78, 5) is 27.1. The number of nitrogens with zero attached hydrogens (tertiary/aromatic N) is 2. The zero-order valence-corrected chi connectivity index (χ0v) is 14.2. The largest absolute Gasteiger partial charge is 0.383 e. The van der Waals surface area contributed by atoms with Crippen LogP contribution in [0.4, 0.5) is 0 Å². The average molecular weight is 318 g/mol. The summed E-state index contributed by atoms with van der Waals surface area (Å²) in [5, 5.41) is 0. The molecule has 1 unspecified atom stereocenters. The third-order valence-electron chi connectivity index (χ3n) is 4.26. The van der Waals surface area contributed by atoms with E-state index in [0.29, 0.717) is 31.9 Å². The minimum Gasteiger partial charge on any atom is -0.383 e. The number of methoxy groups -OCH3 is 1. The van der Waals surface area contributed by atoms with E-state index < -0.39 is 0 Å². The first-order valence-corrected chi connectivity index (χ1v) is 8.04. The third kappa shape index (κ3) is 5.06. The van der Waals surface area contributed by atoms with Gasteiger partial charge in [-0.05, 0) is 23.5 Å². The zero-order chi connectivity index (χ0) is 16.8. The van der Waals surface area contributed by atoms with E-state index >= 15 is 0 Å². The van der Waals surface area contributed by atoms with Crippen LogP contribution in [-0.2, 0) is 27.2 Å². The molecule has 0 N–H and O–H groups in total. The summed E-state index contributed by atoms with van der Waals surface area (Å²) < 4.78 is 5.04. The smallest absolute Gasteiger partial charge is 0.226 e. The Kier molecular flexibility index (Phi) is 6.16. The van der Waals surface area contributed by atoms with Crippen LogP contribution in [0.15, 0.2) is 24.3 Å². The molecular formula is C18H26N2O3. The molecule has 0 bridgehead atoms. The van der Waals surface area contributed by atoms with Gasteiger partial charge in [-0.25, -0.2) is 0 Å². The van der Waals surface area contributed by atoms with E-state index in [2.05, 4.69) is 12.1 Å². The molecule has 0 aromatic heterocycles. The summed E-state index contributed by atoms with van der Waals surface area (Å²) in [5.41, 5.74) is 2.24. The van der Waals surface area contributed by atoms with Crippen LogP contribution in [0.1, 0.15) is 17.5 Å². The van der Waals surface area contributed by atoms with Crippen LogP contribution < -0.4 is 0 Å². The lowest BCUT2D eigenvalue weighted by molar-refractivity contribution is -0.128. The highest BCUT2D eigenvalue weighted by atomic mass is 16.5. The minimum absolute atomic E-state index is 0.105. The molecule has 5 heteroatoms. The van der Waals surface area contributed by atoms with Crippen LogP contribution in [0, 0.1) is 5.92 Å². The Bertz CT molecular complexity index is 540. The number of carbonyl (C=O) groups excluding carboxylic acids is 2. The molecule has 2 rings (SSSR count). The van der Waals surface area contributed by atoms with Gasteiger partial charge in [-0.3, -0.25) is 9.59 Å². The maximum Gasteiger partial charge on any atom is 0.226 e. The Morgan fingerprint density at radius 3 is 2.52 bits per heavy atom. The van der Waals surface area contributed by atoms with Crippen LogP contribution in [0.25, 0.3) is 0 Å². The monoisotopic (exact) mass is 318 g/mol. The maximum absolute atomic E-state index is 11.9. The van der Waals surface area contributed by atoms with Gasteiger partial charge in [0.1, 0.15) is 0 Å². The highest BCUT2D eigenvalue weighted by molar-refractivity contribution is 5.79. The van der Waals surface area contributed by atoms with E-state index in [-0.39, 0.29) is 11.8 Å². The van der Waals surface area contributed by atoms with Gasteiger partial charge < -0.3 is 14.5 Å². The van der Waals surface area contributed by atoms with Gasteiger partial charge in [0, 0.05) is 40.7 Å². The van der Waals surface area contributed by atoms with Crippen molar-refractivity contribution in [2.24, 2.45) is 5.92 Å². The molecule has 2 amide bonds. The van der Waals surface area contributed by atoms with Gasteiger partial charge >= 0.3 is 0 Å². The summed E-state index contributed by atoms with van der Waals surface area (Å²) in [6.07, 6.45) is 1.95. The van der Waals surface area contributed by atoms with E-state index in [1.54, 1.807) is 26.1 Å². The molecule has 126 valence electrons. The Morgan fingerprint density at radius 2 is 1.91 bits per heavy atom. The first-order chi connectivity index (χ1) is 11.0. The van der Waals surface area contributed by atoms with Crippen molar-refractivity contribution < 1.29 is 14.3 Å². The number of hydrogen-bond acceptors (Lipinski definition) is 3. The molecule has 1 aliphatic heterocycles. The third-order valence-corrected chi connectivity index (χ3v) is 4.26. The lowest BCUT2D eigenvalue weighted by Crippen LogP contribution is -2.28. The van der Waals surface area contributed by atoms with Gasteiger partial charge in [0.2, 0.25) is 11.8 Å². The van der Waals surface area contributed by atoms with E-state index in [4.69, 9.17) is 4.74 Å². The molecule has 0 aliphatic carbocycles. The molecule has 1 heterocycles. The van der Waals surface area contributed by atoms with Crippen molar-refractivity contribution >= 4 is 11.8 Å². The van der Waals surface area contributed by atoms with Crippen molar-refractivity contribution in [2.75, 3.05) is 40.9 Å². The van der Waals surface area contributed by atoms with Crippen molar-refractivity contribution in [1.29, 1.82) is 0 Å². The second kappa shape index (κ2) is 8.11. The van der Waals surface area contributed by atoms with Crippen molar-refractivity contribution in [3.05, 3.63) is 35.4 Å². The number of hydrogen-bond donors (Lipinski definition) is 0. The summed E-state index contributed by atoms with van der Waals surface area (Å²) in [5.74, 6) is 0.696. The van der Waals surface area contributed by atoms with Gasteiger partial charge in [-0.2, -0.15) is 0 Å². The molecule has 1 saturated heterocycles. The van der Waals surface area contributed by atoms with Gasteiger partial charge in [-0.15, -0.1) is 0 Å². The SMILES string of the molecule is COCCN1CC(Cc2ccc(CC(=O)N(C)C)cc2)CC1=O. The quantitative estimate of drug-likeness (QED) is 0.763. The number of likely N-dealkylation sites (tertiary alicyclic amines) is 1. The van der Waals surface area contributed by atoms with Crippen LogP contribution >= 0.6 is 0 Å². The standard InChI is InChI=1S/C18H26N2O3/c1-19(2)17(21)11-15-6-4-14(5-7-15)10-16-12-18(22)20(13-16)8-9-23-3/h4-7,16H,8-13H2,1-3H3. The highest BCUT2D eigenvalue weighted by Gasteiger charge is 2.29. The van der Waals surface area contributed by atoms with Gasteiger partial charge in [-0.1, -0.05) is 24.3 Å². The van der Waals surface area contributed by atoms with E-state index in [9.17, 15) is 9.59 Å². The second-order valence-corrected chi connectivity index (χ2v) is 6.39. The van der Waals surface area contributed by atoms with Gasteiger partial charge in [0.05, 0.1) is 13.0 Å². The fourth-order valence-electron chi connectivity index (χ4n) is 2.87. The number of rotatable bonds is 7. The summed E-state index contributed by atoms with van der Waals surface area (Å²) in [6, 6.07) is 8.16. The van der Waals surface area contributed by atoms with Crippen molar-refractivity contribution in [3.63, 3.8) is 0 Å². The molecule has 5 nitrogen and oxygen atoms in total. The first-order valence-electron chi connectivity index (χ1n) is 8.04. The molecule has 1 aliphatic rings. The molecule has 0 radical (unpaired) electrons. The number of likely N-dealkylation sites (N-methyl/N-ethyl adjacent to an activating group) is 1. The van der Waals surface area contributed by atoms with Crippen LogP contribution in [0.2, 0.25) is 0 Å². The Balaban J connectivity index is 1.87. The summed E-state index contributed by atoms with van der Waals surface area (Å²) >= 11 is 0. The second-order valence-electron chi connectivity index (χ2n) is 6.39. The normalized spacial score (nSPS) is 17.6.